The van der Waals surface area contributed by atoms with Crippen LogP contribution in [0.4, 0.5) is 11.4 Å². The summed E-state index contributed by atoms with van der Waals surface area (Å²) in [5.41, 5.74) is 5.42. The van der Waals surface area contributed by atoms with Crippen molar-refractivity contribution in [2.45, 2.75) is 44.4 Å². The minimum absolute atomic E-state index is 0.0389. The highest BCUT2D eigenvalue weighted by Crippen LogP contribution is 2.44. The molecular weight excluding hydrogens is 906 g/mol. The number of sulfone groups is 1. The Kier molecular flexibility index (Phi) is 12.6. The fourth-order valence-electron chi connectivity index (χ4n) is 9.44. The van der Waals surface area contributed by atoms with E-state index in [1.165, 1.54) is 35.0 Å². The summed E-state index contributed by atoms with van der Waals surface area (Å²) in [7, 11) is -7.76. The lowest BCUT2D eigenvalue weighted by molar-refractivity contribution is -0.386. The average Bonchev–Trinajstić information content (AvgIpc) is 3.76. The number of nitro benzene ring substituents is 1. The molecule has 1 amide bonds. The predicted octanol–water partition coefficient (Wildman–Crippen LogP) is 7.10. The zero-order chi connectivity index (χ0) is 46.4. The number of allylic oxidation sites excluding steroid dienone is 1. The van der Waals surface area contributed by atoms with Crippen LogP contribution in [-0.2, 0) is 26.3 Å². The molecule has 3 aromatic carbocycles. The van der Waals surface area contributed by atoms with Gasteiger partial charge in [0.05, 0.1) is 45.3 Å². The molecule has 0 saturated carbocycles. The number of anilines is 1. The highest BCUT2D eigenvalue weighted by Gasteiger charge is 2.35. The number of pyridine rings is 1. The number of carbonyl (C=O) groups excluding carboxylic acids is 1. The highest BCUT2D eigenvalue weighted by atomic mass is 35.5. The lowest BCUT2D eigenvalue weighted by atomic mass is 9.72. The molecule has 5 heterocycles. The van der Waals surface area contributed by atoms with Crippen molar-refractivity contribution in [3.8, 4) is 17.2 Å². The molecule has 0 spiro atoms. The van der Waals surface area contributed by atoms with Crippen molar-refractivity contribution in [2.24, 2.45) is 11.3 Å². The molecule has 2 aromatic heterocycles. The normalized spacial score (nSPS) is 20.1. The molecular formula is C47H52ClN7O9S2. The van der Waals surface area contributed by atoms with Crippen LogP contribution in [0.5, 0.6) is 17.2 Å². The summed E-state index contributed by atoms with van der Waals surface area (Å²) in [6, 6.07) is 18.9. The first-order chi connectivity index (χ1) is 31.5. The average molecular weight is 959 g/mol. The number of benzene rings is 3. The van der Waals surface area contributed by atoms with E-state index in [0.717, 1.165) is 61.1 Å². The van der Waals surface area contributed by atoms with Crippen molar-refractivity contribution >= 4 is 65.3 Å². The van der Waals surface area contributed by atoms with Gasteiger partial charge in [0.25, 0.3) is 21.6 Å². The van der Waals surface area contributed by atoms with Crippen LogP contribution in [0.15, 0.2) is 89.6 Å². The van der Waals surface area contributed by atoms with Crippen LogP contribution in [0.2, 0.25) is 5.02 Å². The van der Waals surface area contributed by atoms with Gasteiger partial charge >= 0.3 is 0 Å². The number of aromatic nitrogens is 2. The molecule has 0 unspecified atom stereocenters. The summed E-state index contributed by atoms with van der Waals surface area (Å²) in [6.07, 6.45) is 6.64. The maximum atomic E-state index is 14.1. The summed E-state index contributed by atoms with van der Waals surface area (Å²) in [4.78, 5) is 39.4. The predicted molar refractivity (Wildman–Crippen MR) is 253 cm³/mol. The molecule has 2 N–H and O–H groups in total. The Morgan fingerprint density at radius 2 is 1.77 bits per heavy atom. The summed E-state index contributed by atoms with van der Waals surface area (Å²) < 4.78 is 66.1. The van der Waals surface area contributed by atoms with E-state index in [1.807, 2.05) is 23.1 Å². The van der Waals surface area contributed by atoms with Crippen LogP contribution >= 0.6 is 11.6 Å². The lowest BCUT2D eigenvalue weighted by Gasteiger charge is -2.39. The van der Waals surface area contributed by atoms with Crippen LogP contribution in [-0.4, -0.2) is 118 Å². The van der Waals surface area contributed by atoms with Gasteiger partial charge in [0.2, 0.25) is 0 Å². The van der Waals surface area contributed by atoms with E-state index < -0.39 is 41.3 Å². The number of piperazine rings is 1. The van der Waals surface area contributed by atoms with Crippen LogP contribution in [0.3, 0.4) is 0 Å². The van der Waals surface area contributed by atoms with Gasteiger partial charge in [-0.05, 0) is 78.6 Å². The Morgan fingerprint density at radius 1 is 1.02 bits per heavy atom. The second-order valence-corrected chi connectivity index (χ2v) is 22.9. The smallest absolute Gasteiger partial charge is 0.277 e. The van der Waals surface area contributed by atoms with E-state index in [9.17, 15) is 31.7 Å². The molecule has 4 aliphatic rings. The SMILES string of the molecule is CC1(C)CCC(CN2CCN(c3ccc(C(=O)NS(=O)(=O)c4cc5c(c([N+](=O)[O-])c4)C[C@@H](CN4CCS(=O)(=O)CC4)CO5)c(Oc4cnc5[nH]ccc5c4)c3)CC2)=C(c2ccc(Cl)cc2)C1. The lowest BCUT2D eigenvalue weighted by Crippen LogP contribution is -2.47. The van der Waals surface area contributed by atoms with E-state index in [1.54, 1.807) is 24.4 Å². The Hall–Kier alpha value is -5.53. The Balaban J connectivity index is 0.931. The first kappa shape index (κ1) is 45.6. The summed E-state index contributed by atoms with van der Waals surface area (Å²) in [6.45, 7) is 9.87. The van der Waals surface area contributed by atoms with Crippen LogP contribution in [0.25, 0.3) is 16.6 Å². The van der Waals surface area contributed by atoms with Crippen molar-refractivity contribution in [3.05, 3.63) is 117 Å². The molecule has 19 heteroatoms. The van der Waals surface area contributed by atoms with E-state index in [0.29, 0.717) is 44.1 Å². The van der Waals surface area contributed by atoms with Crippen molar-refractivity contribution in [1.29, 1.82) is 0 Å². The van der Waals surface area contributed by atoms with Crippen LogP contribution in [0.1, 0.15) is 54.6 Å². The second-order valence-electron chi connectivity index (χ2n) is 18.5. The van der Waals surface area contributed by atoms with Crippen molar-refractivity contribution in [2.75, 3.05) is 75.4 Å². The fraction of sp³-hybridized carbons (Fsp3) is 0.404. The Labute approximate surface area is 389 Å². The fourth-order valence-corrected chi connectivity index (χ4v) is 11.8. The Bertz CT molecular complexity index is 2940. The minimum Gasteiger partial charge on any atom is -0.493 e. The number of hydrogen-bond donors (Lipinski definition) is 2. The molecule has 2 saturated heterocycles. The van der Waals surface area contributed by atoms with Gasteiger partial charge in [-0.25, -0.2) is 26.5 Å². The van der Waals surface area contributed by atoms with Gasteiger partial charge in [0.15, 0.2) is 9.84 Å². The molecule has 348 valence electrons. The molecule has 66 heavy (non-hydrogen) atoms. The number of sulfonamides is 1. The highest BCUT2D eigenvalue weighted by molar-refractivity contribution is 7.91. The Morgan fingerprint density at radius 3 is 2.52 bits per heavy atom. The van der Waals surface area contributed by atoms with E-state index in [4.69, 9.17) is 21.1 Å². The standard InChI is InChI=1S/C47H52ClN7O9S2/c1-47(2)11-9-34(41(26-47)32-3-5-35(48)6-4-32)29-52-13-15-54(16-14-52)36-7-8-39(44(23-36)64-37-22-33-10-12-49-45(33)50-27-37)46(56)51-66(61,62)38-24-42(55(57)58)40-21-31(30-63-43(40)25-38)28-53-17-19-65(59,60)20-18-53/h3-8,10,12,22-25,27,31H,9,11,13-21,26,28-30H2,1-2H3,(H,49,50)(H,51,56)/t31-/m0/s1. The first-order valence-electron chi connectivity index (χ1n) is 22.1. The summed E-state index contributed by atoms with van der Waals surface area (Å²) in [5.74, 6) is -0.623. The van der Waals surface area contributed by atoms with E-state index in [-0.39, 0.29) is 58.5 Å². The van der Waals surface area contributed by atoms with Crippen molar-refractivity contribution in [1.82, 2.24) is 24.5 Å². The monoisotopic (exact) mass is 957 g/mol. The van der Waals surface area contributed by atoms with Gasteiger partial charge in [-0.3, -0.25) is 19.8 Å². The maximum absolute atomic E-state index is 14.1. The number of nitrogens with zero attached hydrogens (tertiary/aromatic N) is 5. The minimum atomic E-state index is -4.68. The van der Waals surface area contributed by atoms with Crippen LogP contribution < -0.4 is 19.1 Å². The van der Waals surface area contributed by atoms with Crippen LogP contribution in [0, 0.1) is 21.4 Å². The number of hydrogen-bond acceptors (Lipinski definition) is 13. The number of amides is 1. The van der Waals surface area contributed by atoms with Crippen molar-refractivity contribution < 1.29 is 36.0 Å². The quantitative estimate of drug-likeness (QED) is 0.0950. The largest absolute Gasteiger partial charge is 0.493 e. The zero-order valence-electron chi connectivity index (χ0n) is 36.8. The zero-order valence-corrected chi connectivity index (χ0v) is 39.2. The third-order valence-corrected chi connectivity index (χ3v) is 16.3. The van der Waals surface area contributed by atoms with Gasteiger partial charge in [-0.15, -0.1) is 0 Å². The number of aromatic amines is 1. The molecule has 3 aliphatic heterocycles. The van der Waals surface area contributed by atoms with E-state index in [2.05, 4.69) is 50.5 Å². The number of nitrogens with one attached hydrogen (secondary N) is 2. The molecule has 0 bridgehead atoms. The van der Waals surface area contributed by atoms with E-state index >= 15 is 0 Å². The molecule has 1 aliphatic carbocycles. The number of nitro groups is 1. The van der Waals surface area contributed by atoms with Gasteiger partial charge in [-0.2, -0.15) is 0 Å². The topological polar surface area (TPSA) is 197 Å². The number of rotatable bonds is 12. The molecule has 16 nitrogen and oxygen atoms in total. The summed E-state index contributed by atoms with van der Waals surface area (Å²) >= 11 is 6.25. The first-order valence-corrected chi connectivity index (χ1v) is 25.8. The number of halogens is 1. The summed E-state index contributed by atoms with van der Waals surface area (Å²) in [5, 5.41) is 13.9. The molecule has 5 aromatic rings. The third-order valence-electron chi connectivity index (χ3n) is 13.2. The number of fused-ring (bicyclic) bond motifs is 2. The second kappa shape index (κ2) is 18.3. The maximum Gasteiger partial charge on any atom is 0.277 e. The molecule has 2 fully saturated rings. The van der Waals surface area contributed by atoms with Gasteiger partial charge in [-0.1, -0.05) is 43.2 Å². The third kappa shape index (κ3) is 10.2. The van der Waals surface area contributed by atoms with Gasteiger partial charge in [0, 0.05) is 98.8 Å². The molecule has 0 radical (unpaired) electrons. The molecule has 1 atom stereocenters. The number of H-pyrrole nitrogens is 1. The van der Waals surface area contributed by atoms with Gasteiger partial charge < -0.3 is 24.3 Å². The van der Waals surface area contributed by atoms with Crippen molar-refractivity contribution in [3.63, 3.8) is 0 Å². The molecule has 9 rings (SSSR count). The number of carbonyl (C=O) groups is 1. The van der Waals surface area contributed by atoms with Gasteiger partial charge in [0.1, 0.15) is 22.9 Å². The number of ether oxygens (including phenoxy) is 2.